The van der Waals surface area contributed by atoms with Gasteiger partial charge in [0, 0.05) is 6.61 Å². The van der Waals surface area contributed by atoms with E-state index < -0.39 is 16.6 Å². The topological polar surface area (TPSA) is 52.3 Å². The fourth-order valence-electron chi connectivity index (χ4n) is 1.76. The molecule has 1 saturated heterocycles. The second-order valence-corrected chi connectivity index (χ2v) is 5.29. The van der Waals surface area contributed by atoms with Crippen molar-refractivity contribution >= 4 is 16.5 Å². The van der Waals surface area contributed by atoms with Crippen LogP contribution in [0.15, 0.2) is 23.1 Å². The number of benzene rings is 1. The van der Waals surface area contributed by atoms with Crippen molar-refractivity contribution in [3.8, 4) is 0 Å². The van der Waals surface area contributed by atoms with Crippen molar-refractivity contribution in [3.05, 3.63) is 24.0 Å². The van der Waals surface area contributed by atoms with Crippen LogP contribution in [0.2, 0.25) is 0 Å². The predicted octanol–water partition coefficient (Wildman–Crippen LogP) is 1.69. The second-order valence-electron chi connectivity index (χ2n) is 3.83. The SMILES string of the molecule is Nc1cc(F)ccc1S(=O)CC1CCCO1. The summed E-state index contributed by atoms with van der Waals surface area (Å²) < 4.78 is 30.2. The summed E-state index contributed by atoms with van der Waals surface area (Å²) in [6.07, 6.45) is 2.00. The van der Waals surface area contributed by atoms with Crippen LogP contribution in [0.3, 0.4) is 0 Å². The molecule has 1 aliphatic heterocycles. The summed E-state index contributed by atoms with van der Waals surface area (Å²) in [5.74, 6) is 0.0332. The van der Waals surface area contributed by atoms with Gasteiger partial charge in [-0.05, 0) is 31.0 Å². The normalized spacial score (nSPS) is 22.2. The van der Waals surface area contributed by atoms with Gasteiger partial charge in [-0.25, -0.2) is 4.39 Å². The Morgan fingerprint density at radius 3 is 3.00 bits per heavy atom. The van der Waals surface area contributed by atoms with E-state index >= 15 is 0 Å². The summed E-state index contributed by atoms with van der Waals surface area (Å²) >= 11 is 0. The minimum atomic E-state index is -1.21. The first-order chi connectivity index (χ1) is 7.66. The highest BCUT2D eigenvalue weighted by Crippen LogP contribution is 2.21. The van der Waals surface area contributed by atoms with E-state index in [-0.39, 0.29) is 11.8 Å². The van der Waals surface area contributed by atoms with Crippen molar-refractivity contribution in [2.45, 2.75) is 23.8 Å². The Hall–Kier alpha value is -0.940. The van der Waals surface area contributed by atoms with Gasteiger partial charge in [0.15, 0.2) is 0 Å². The van der Waals surface area contributed by atoms with Gasteiger partial charge in [0.05, 0.1) is 33.2 Å². The third-order valence-electron chi connectivity index (χ3n) is 2.58. The van der Waals surface area contributed by atoms with Crippen LogP contribution in [0, 0.1) is 5.82 Å². The Balaban J connectivity index is 2.08. The van der Waals surface area contributed by atoms with Crippen molar-refractivity contribution in [1.29, 1.82) is 0 Å². The molecule has 2 N–H and O–H groups in total. The van der Waals surface area contributed by atoms with Gasteiger partial charge in [0.25, 0.3) is 0 Å². The summed E-state index contributed by atoms with van der Waals surface area (Å²) in [7, 11) is -1.21. The number of nitrogen functional groups attached to an aromatic ring is 1. The zero-order valence-electron chi connectivity index (χ0n) is 8.82. The van der Waals surface area contributed by atoms with Crippen LogP contribution >= 0.6 is 0 Å². The Morgan fingerprint density at radius 2 is 2.38 bits per heavy atom. The number of hydrogen-bond donors (Lipinski definition) is 1. The van der Waals surface area contributed by atoms with Crippen LogP contribution in [0.4, 0.5) is 10.1 Å². The molecule has 2 atom stereocenters. The van der Waals surface area contributed by atoms with Crippen molar-refractivity contribution in [3.63, 3.8) is 0 Å². The van der Waals surface area contributed by atoms with Crippen molar-refractivity contribution in [2.75, 3.05) is 18.1 Å². The second kappa shape index (κ2) is 4.93. The monoisotopic (exact) mass is 243 g/mol. The lowest BCUT2D eigenvalue weighted by molar-refractivity contribution is 0.128. The molecule has 2 unspecified atom stereocenters. The molecule has 1 aromatic rings. The highest BCUT2D eigenvalue weighted by molar-refractivity contribution is 7.85. The van der Waals surface area contributed by atoms with E-state index in [1.54, 1.807) is 0 Å². The molecule has 5 heteroatoms. The minimum absolute atomic E-state index is 0.0466. The summed E-state index contributed by atoms with van der Waals surface area (Å²) in [4.78, 5) is 0.497. The first-order valence-electron chi connectivity index (χ1n) is 5.22. The summed E-state index contributed by atoms with van der Waals surface area (Å²) in [6, 6.07) is 3.96. The molecular weight excluding hydrogens is 229 g/mol. The third kappa shape index (κ3) is 2.59. The maximum atomic E-state index is 12.8. The molecule has 88 valence electrons. The van der Waals surface area contributed by atoms with E-state index in [2.05, 4.69) is 0 Å². The molecule has 16 heavy (non-hydrogen) atoms. The number of anilines is 1. The minimum Gasteiger partial charge on any atom is -0.398 e. The lowest BCUT2D eigenvalue weighted by Gasteiger charge is -2.10. The number of rotatable bonds is 3. The fraction of sp³-hybridized carbons (Fsp3) is 0.455. The molecule has 0 radical (unpaired) electrons. The number of halogens is 1. The van der Waals surface area contributed by atoms with Gasteiger partial charge in [-0.3, -0.25) is 4.21 Å². The average Bonchev–Trinajstić information content (AvgIpc) is 2.70. The van der Waals surface area contributed by atoms with Gasteiger partial charge in [0.2, 0.25) is 0 Å². The zero-order valence-corrected chi connectivity index (χ0v) is 9.63. The van der Waals surface area contributed by atoms with Crippen LogP contribution in [0.25, 0.3) is 0 Å². The van der Waals surface area contributed by atoms with Crippen LogP contribution in [-0.2, 0) is 15.5 Å². The molecule has 1 heterocycles. The van der Waals surface area contributed by atoms with Crippen LogP contribution in [0.1, 0.15) is 12.8 Å². The fourth-order valence-corrected chi connectivity index (χ4v) is 3.08. The van der Waals surface area contributed by atoms with Crippen molar-refractivity contribution in [1.82, 2.24) is 0 Å². The predicted molar refractivity (Wildman–Crippen MR) is 61.1 cm³/mol. The third-order valence-corrected chi connectivity index (χ3v) is 4.12. The molecule has 0 saturated carbocycles. The van der Waals surface area contributed by atoms with E-state index in [1.807, 2.05) is 0 Å². The van der Waals surface area contributed by atoms with Crippen molar-refractivity contribution in [2.24, 2.45) is 0 Å². The molecule has 0 amide bonds. The number of ether oxygens (including phenoxy) is 1. The van der Waals surface area contributed by atoms with E-state index in [4.69, 9.17) is 10.5 Å². The molecule has 0 aromatic heterocycles. The zero-order chi connectivity index (χ0) is 11.5. The van der Waals surface area contributed by atoms with Gasteiger partial charge >= 0.3 is 0 Å². The number of nitrogens with two attached hydrogens (primary N) is 1. The largest absolute Gasteiger partial charge is 0.398 e. The Labute approximate surface area is 96.2 Å². The first kappa shape index (κ1) is 11.5. The van der Waals surface area contributed by atoms with E-state index in [0.29, 0.717) is 10.6 Å². The van der Waals surface area contributed by atoms with Crippen molar-refractivity contribution < 1.29 is 13.3 Å². The van der Waals surface area contributed by atoms with E-state index in [9.17, 15) is 8.60 Å². The molecule has 0 spiro atoms. The Kier molecular flexibility index (Phi) is 3.56. The molecule has 0 bridgehead atoms. The molecule has 1 fully saturated rings. The molecule has 2 rings (SSSR count). The van der Waals surface area contributed by atoms with Crippen LogP contribution in [-0.4, -0.2) is 22.7 Å². The first-order valence-corrected chi connectivity index (χ1v) is 6.53. The van der Waals surface area contributed by atoms with Crippen LogP contribution in [0.5, 0.6) is 0 Å². The number of hydrogen-bond acceptors (Lipinski definition) is 3. The molecule has 3 nitrogen and oxygen atoms in total. The smallest absolute Gasteiger partial charge is 0.125 e. The Morgan fingerprint density at radius 1 is 1.56 bits per heavy atom. The van der Waals surface area contributed by atoms with E-state index in [1.165, 1.54) is 18.2 Å². The van der Waals surface area contributed by atoms with E-state index in [0.717, 1.165) is 19.4 Å². The summed E-state index contributed by atoms with van der Waals surface area (Å²) in [5.41, 5.74) is 5.87. The molecule has 1 aromatic carbocycles. The average molecular weight is 243 g/mol. The van der Waals surface area contributed by atoms with Gasteiger partial charge < -0.3 is 10.5 Å². The summed E-state index contributed by atoms with van der Waals surface area (Å²) in [5, 5.41) is 0. The Bertz CT molecular complexity index is 405. The van der Waals surface area contributed by atoms with Gasteiger partial charge in [-0.15, -0.1) is 0 Å². The van der Waals surface area contributed by atoms with Crippen LogP contribution < -0.4 is 5.73 Å². The summed E-state index contributed by atoms with van der Waals surface area (Å²) in [6.45, 7) is 0.737. The van der Waals surface area contributed by atoms with Gasteiger partial charge in [0.1, 0.15) is 5.82 Å². The maximum absolute atomic E-state index is 12.8. The lowest BCUT2D eigenvalue weighted by atomic mass is 10.3. The highest BCUT2D eigenvalue weighted by Gasteiger charge is 2.20. The van der Waals surface area contributed by atoms with Gasteiger partial charge in [-0.2, -0.15) is 0 Å². The quantitative estimate of drug-likeness (QED) is 0.822. The standard InChI is InChI=1S/C11H14FNO2S/c12-8-3-4-11(10(13)6-8)16(14)7-9-2-1-5-15-9/h3-4,6,9H,1-2,5,7,13H2. The maximum Gasteiger partial charge on any atom is 0.125 e. The van der Waals surface area contributed by atoms with Gasteiger partial charge in [-0.1, -0.05) is 0 Å². The molecular formula is C11H14FNO2S. The molecule has 1 aliphatic rings. The molecule has 0 aliphatic carbocycles. The lowest BCUT2D eigenvalue weighted by Crippen LogP contribution is -2.16. The highest BCUT2D eigenvalue weighted by atomic mass is 32.2.